The molecule has 0 radical (unpaired) electrons. The molecule has 1 fully saturated rings. The molecule has 0 unspecified atom stereocenters. The molecular formula is C16H22N4OS. The maximum Gasteiger partial charge on any atom is 0.255 e. The number of thioether (sulfide) groups is 1. The zero-order valence-corrected chi connectivity index (χ0v) is 14.2. The first kappa shape index (κ1) is 15.3. The number of carbonyl (C=O) groups excluding carboxylic acids is 1. The number of aromatic nitrogens is 3. The summed E-state index contributed by atoms with van der Waals surface area (Å²) in [5.41, 5.74) is 2.27. The predicted octanol–water partition coefficient (Wildman–Crippen LogP) is 3.01. The quantitative estimate of drug-likeness (QED) is 0.945. The Bertz CT molecular complexity index is 693. The van der Waals surface area contributed by atoms with Gasteiger partial charge >= 0.3 is 0 Å². The molecule has 5 nitrogen and oxygen atoms in total. The molecule has 1 saturated heterocycles. The lowest BCUT2D eigenvalue weighted by atomic mass is 10.0. The van der Waals surface area contributed by atoms with Crippen molar-refractivity contribution in [1.82, 2.24) is 20.1 Å². The van der Waals surface area contributed by atoms with E-state index < -0.39 is 0 Å². The highest BCUT2D eigenvalue weighted by Crippen LogP contribution is 2.37. The van der Waals surface area contributed by atoms with Gasteiger partial charge in [-0.05, 0) is 25.8 Å². The van der Waals surface area contributed by atoms with Gasteiger partial charge in [0, 0.05) is 40.9 Å². The third-order valence-electron chi connectivity index (χ3n) is 4.67. The van der Waals surface area contributed by atoms with E-state index in [9.17, 15) is 4.79 Å². The highest BCUT2D eigenvalue weighted by Gasteiger charge is 2.35. The second kappa shape index (κ2) is 5.91. The van der Waals surface area contributed by atoms with Gasteiger partial charge in [-0.15, -0.1) is 0 Å². The summed E-state index contributed by atoms with van der Waals surface area (Å²) in [4.78, 5) is 19.1. The Morgan fingerprint density at radius 3 is 2.95 bits per heavy atom. The van der Waals surface area contributed by atoms with Crippen LogP contribution in [0.1, 0.15) is 42.7 Å². The summed E-state index contributed by atoms with van der Waals surface area (Å²) in [5, 5.41) is 7.95. The number of pyridine rings is 1. The lowest BCUT2D eigenvalue weighted by molar-refractivity contribution is 0.0738. The Labute approximate surface area is 134 Å². The topological polar surface area (TPSA) is 61.9 Å². The molecule has 2 aromatic rings. The van der Waals surface area contributed by atoms with Crippen molar-refractivity contribution in [2.24, 2.45) is 0 Å². The highest BCUT2D eigenvalue weighted by atomic mass is 32.2. The maximum absolute atomic E-state index is 12.8. The Morgan fingerprint density at radius 2 is 2.23 bits per heavy atom. The summed E-state index contributed by atoms with van der Waals surface area (Å²) >= 11 is 2.01. The number of H-pyrrole nitrogens is 1. The van der Waals surface area contributed by atoms with Gasteiger partial charge in [-0.25, -0.2) is 4.98 Å². The van der Waals surface area contributed by atoms with Gasteiger partial charge < -0.3 is 4.90 Å². The van der Waals surface area contributed by atoms with E-state index in [4.69, 9.17) is 0 Å². The van der Waals surface area contributed by atoms with E-state index in [2.05, 4.69) is 29.0 Å². The number of aryl methyl sites for hydroxylation is 1. The molecule has 3 rings (SSSR count). The minimum Gasteiger partial charge on any atom is -0.336 e. The largest absolute Gasteiger partial charge is 0.336 e. The van der Waals surface area contributed by atoms with Crippen molar-refractivity contribution in [3.63, 3.8) is 0 Å². The van der Waals surface area contributed by atoms with E-state index >= 15 is 0 Å². The fourth-order valence-corrected chi connectivity index (χ4v) is 4.42. The van der Waals surface area contributed by atoms with Crippen LogP contribution < -0.4 is 0 Å². The molecule has 1 aliphatic rings. The first-order chi connectivity index (χ1) is 10.6. The second-order valence-corrected chi connectivity index (χ2v) is 7.47. The van der Waals surface area contributed by atoms with Crippen LogP contribution in [0.2, 0.25) is 0 Å². The van der Waals surface area contributed by atoms with Crippen LogP contribution in [0.3, 0.4) is 0 Å². The van der Waals surface area contributed by atoms with Gasteiger partial charge in [0.15, 0.2) is 5.65 Å². The van der Waals surface area contributed by atoms with Crippen molar-refractivity contribution in [1.29, 1.82) is 0 Å². The first-order valence-corrected chi connectivity index (χ1v) is 8.81. The molecule has 3 heterocycles. The number of fused-ring (bicyclic) bond motifs is 1. The third kappa shape index (κ3) is 2.60. The van der Waals surface area contributed by atoms with Crippen molar-refractivity contribution in [3.8, 4) is 0 Å². The molecule has 1 N–H and O–H groups in total. The van der Waals surface area contributed by atoms with E-state index in [1.54, 1.807) is 6.20 Å². The Balaban J connectivity index is 1.87. The number of nitrogens with one attached hydrogen (secondary N) is 1. The van der Waals surface area contributed by atoms with Gasteiger partial charge in [0.1, 0.15) is 0 Å². The molecule has 2 aromatic heterocycles. The number of aromatic amines is 1. The molecular weight excluding hydrogens is 296 g/mol. The van der Waals surface area contributed by atoms with Crippen LogP contribution in [0.15, 0.2) is 12.3 Å². The average Bonchev–Trinajstić information content (AvgIpc) is 2.95. The number of rotatable bonds is 3. The first-order valence-electron chi connectivity index (χ1n) is 7.82. The standard InChI is InChI=1S/C16H22N4OS/c1-4-16(5-2)10-20(6-7-22-16)15(21)12-8-13-11(3)18-19-14(13)17-9-12/h8-9H,4-7,10H2,1-3H3,(H,17,18,19). The monoisotopic (exact) mass is 318 g/mol. The summed E-state index contributed by atoms with van der Waals surface area (Å²) in [6.07, 6.45) is 3.83. The lowest BCUT2D eigenvalue weighted by Crippen LogP contribution is -2.48. The summed E-state index contributed by atoms with van der Waals surface area (Å²) in [6.45, 7) is 8.02. The fourth-order valence-electron chi connectivity index (χ4n) is 3.02. The zero-order valence-electron chi connectivity index (χ0n) is 13.3. The lowest BCUT2D eigenvalue weighted by Gasteiger charge is -2.41. The SMILES string of the molecule is CCC1(CC)CN(C(=O)c2cnc3n[nH]c(C)c3c2)CCS1. The van der Waals surface area contributed by atoms with E-state index in [1.807, 2.05) is 29.7 Å². The smallest absolute Gasteiger partial charge is 0.255 e. The van der Waals surface area contributed by atoms with Crippen LogP contribution in [0.4, 0.5) is 0 Å². The summed E-state index contributed by atoms with van der Waals surface area (Å²) < 4.78 is 0.205. The third-order valence-corrected chi connectivity index (χ3v) is 6.38. The zero-order chi connectivity index (χ0) is 15.7. The van der Waals surface area contributed by atoms with Gasteiger partial charge in [0.05, 0.1) is 5.56 Å². The summed E-state index contributed by atoms with van der Waals surface area (Å²) in [7, 11) is 0. The van der Waals surface area contributed by atoms with Gasteiger partial charge in [-0.2, -0.15) is 16.9 Å². The molecule has 0 spiro atoms. The number of nitrogens with zero attached hydrogens (tertiary/aromatic N) is 3. The molecule has 0 aromatic carbocycles. The molecule has 6 heteroatoms. The molecule has 1 aliphatic heterocycles. The molecule has 0 saturated carbocycles. The van der Waals surface area contributed by atoms with Crippen molar-refractivity contribution in [2.75, 3.05) is 18.8 Å². The Morgan fingerprint density at radius 1 is 1.45 bits per heavy atom. The molecule has 0 aliphatic carbocycles. The number of amides is 1. The minimum atomic E-state index is 0.0848. The Kier molecular flexibility index (Phi) is 4.12. The molecule has 0 bridgehead atoms. The number of hydrogen-bond acceptors (Lipinski definition) is 4. The van der Waals surface area contributed by atoms with Gasteiger partial charge in [0.25, 0.3) is 5.91 Å². The van der Waals surface area contributed by atoms with Gasteiger partial charge in [-0.3, -0.25) is 9.89 Å². The minimum absolute atomic E-state index is 0.0848. The normalized spacial score (nSPS) is 17.9. The van der Waals surface area contributed by atoms with Crippen molar-refractivity contribution < 1.29 is 4.79 Å². The highest BCUT2D eigenvalue weighted by molar-refractivity contribution is 8.00. The van der Waals surface area contributed by atoms with E-state index in [-0.39, 0.29) is 10.7 Å². The summed E-state index contributed by atoms with van der Waals surface area (Å²) in [6, 6.07) is 1.91. The predicted molar refractivity (Wildman–Crippen MR) is 90.3 cm³/mol. The summed E-state index contributed by atoms with van der Waals surface area (Å²) in [5.74, 6) is 1.09. The van der Waals surface area contributed by atoms with Gasteiger partial charge in [0.2, 0.25) is 0 Å². The van der Waals surface area contributed by atoms with Crippen molar-refractivity contribution in [3.05, 3.63) is 23.5 Å². The van der Waals surface area contributed by atoms with Crippen molar-refractivity contribution in [2.45, 2.75) is 38.4 Å². The van der Waals surface area contributed by atoms with E-state index in [0.29, 0.717) is 11.2 Å². The average molecular weight is 318 g/mol. The molecule has 1 amide bonds. The maximum atomic E-state index is 12.8. The fraction of sp³-hybridized carbons (Fsp3) is 0.562. The van der Waals surface area contributed by atoms with Crippen molar-refractivity contribution >= 4 is 28.7 Å². The van der Waals surface area contributed by atoms with Crippen LogP contribution in [0.5, 0.6) is 0 Å². The van der Waals surface area contributed by atoms with Crippen LogP contribution >= 0.6 is 11.8 Å². The van der Waals surface area contributed by atoms with Crippen LogP contribution in [-0.4, -0.2) is 49.6 Å². The van der Waals surface area contributed by atoms with Gasteiger partial charge in [-0.1, -0.05) is 13.8 Å². The van der Waals surface area contributed by atoms with Crippen LogP contribution in [0.25, 0.3) is 11.0 Å². The van der Waals surface area contributed by atoms with E-state index in [1.165, 1.54) is 0 Å². The molecule has 118 valence electrons. The second-order valence-electron chi connectivity index (χ2n) is 5.91. The molecule has 0 atom stereocenters. The number of hydrogen-bond donors (Lipinski definition) is 1. The molecule has 22 heavy (non-hydrogen) atoms. The Hall–Kier alpha value is -1.56. The van der Waals surface area contributed by atoms with Crippen LogP contribution in [-0.2, 0) is 0 Å². The van der Waals surface area contributed by atoms with E-state index in [0.717, 1.165) is 42.8 Å². The van der Waals surface area contributed by atoms with Crippen LogP contribution in [0, 0.1) is 6.92 Å². The number of carbonyl (C=O) groups is 1.